The molecule has 0 spiro atoms. The zero-order valence-corrected chi connectivity index (χ0v) is 13.6. The first kappa shape index (κ1) is 15.9. The van der Waals surface area contributed by atoms with E-state index in [9.17, 15) is 9.18 Å². The molecule has 2 heterocycles. The number of piperazine rings is 1. The molecule has 0 unspecified atom stereocenters. The number of para-hydroxylation sites is 1. The van der Waals surface area contributed by atoms with E-state index in [-0.39, 0.29) is 11.7 Å². The van der Waals surface area contributed by atoms with Crippen molar-refractivity contribution in [1.29, 1.82) is 0 Å². The number of halogens is 1. The van der Waals surface area contributed by atoms with Crippen LogP contribution < -0.4 is 10.6 Å². The molecule has 1 saturated heterocycles. The quantitative estimate of drug-likeness (QED) is 0.925. The highest BCUT2D eigenvalue weighted by Gasteiger charge is 2.24. The average molecular weight is 334 g/mol. The third-order valence-corrected chi connectivity index (χ3v) is 4.80. The predicted molar refractivity (Wildman–Crippen MR) is 89.4 cm³/mol. The molecule has 0 atom stereocenters. The van der Waals surface area contributed by atoms with Gasteiger partial charge in [-0.25, -0.2) is 9.37 Å². The molecule has 3 rings (SSSR count). The third-order valence-electron chi connectivity index (χ3n) is 3.89. The lowest BCUT2D eigenvalue weighted by molar-refractivity contribution is 0.0741. The van der Waals surface area contributed by atoms with E-state index in [0.29, 0.717) is 50.5 Å². The molecule has 7 heteroatoms. The van der Waals surface area contributed by atoms with Gasteiger partial charge in [-0.3, -0.25) is 4.79 Å². The van der Waals surface area contributed by atoms with E-state index in [1.165, 1.54) is 17.4 Å². The summed E-state index contributed by atoms with van der Waals surface area (Å²) in [5.41, 5.74) is 6.59. The Hall–Kier alpha value is -1.99. The summed E-state index contributed by atoms with van der Waals surface area (Å²) in [5.74, 6) is -0.282. The molecule has 23 heavy (non-hydrogen) atoms. The Morgan fingerprint density at radius 2 is 2.00 bits per heavy atom. The van der Waals surface area contributed by atoms with E-state index in [2.05, 4.69) is 4.98 Å². The fourth-order valence-corrected chi connectivity index (χ4v) is 3.46. The van der Waals surface area contributed by atoms with E-state index in [1.54, 1.807) is 22.4 Å². The van der Waals surface area contributed by atoms with Crippen LogP contribution in [0.15, 0.2) is 29.6 Å². The normalized spacial score (nSPS) is 15.0. The van der Waals surface area contributed by atoms with Gasteiger partial charge in [-0.15, -0.1) is 11.3 Å². The van der Waals surface area contributed by atoms with E-state index in [1.807, 2.05) is 11.0 Å². The van der Waals surface area contributed by atoms with Gasteiger partial charge in [0.25, 0.3) is 5.91 Å². The number of benzene rings is 1. The van der Waals surface area contributed by atoms with Gasteiger partial charge in [0.15, 0.2) is 0 Å². The van der Waals surface area contributed by atoms with Crippen LogP contribution in [0.1, 0.15) is 15.5 Å². The van der Waals surface area contributed by atoms with E-state index >= 15 is 0 Å². The Kier molecular flexibility index (Phi) is 4.88. The van der Waals surface area contributed by atoms with Crippen LogP contribution in [0.3, 0.4) is 0 Å². The lowest BCUT2D eigenvalue weighted by Crippen LogP contribution is -2.49. The molecule has 122 valence electrons. The molecule has 1 amide bonds. The molecular weight excluding hydrogens is 315 g/mol. The molecule has 1 aromatic carbocycles. The minimum Gasteiger partial charge on any atom is -0.366 e. The van der Waals surface area contributed by atoms with Crippen molar-refractivity contribution in [2.45, 2.75) is 6.42 Å². The number of hydrogen-bond donors (Lipinski definition) is 1. The number of anilines is 1. The summed E-state index contributed by atoms with van der Waals surface area (Å²) in [7, 11) is 0. The second-order valence-electron chi connectivity index (χ2n) is 5.40. The average Bonchev–Trinajstić information content (AvgIpc) is 3.04. The number of nitrogens with two attached hydrogens (primary N) is 1. The van der Waals surface area contributed by atoms with Crippen LogP contribution in [0, 0.1) is 5.82 Å². The Balaban J connectivity index is 1.62. The molecule has 2 N–H and O–H groups in total. The second-order valence-corrected chi connectivity index (χ2v) is 6.34. The van der Waals surface area contributed by atoms with Crippen molar-refractivity contribution in [1.82, 2.24) is 9.88 Å². The minimum atomic E-state index is -0.224. The maximum Gasteiger partial charge on any atom is 0.273 e. The van der Waals surface area contributed by atoms with Gasteiger partial charge < -0.3 is 15.5 Å². The summed E-state index contributed by atoms with van der Waals surface area (Å²) >= 11 is 1.47. The Bertz CT molecular complexity index is 682. The molecule has 1 aromatic heterocycles. The highest BCUT2D eigenvalue weighted by atomic mass is 32.1. The standard InChI is InChI=1S/C16H19FN4OS/c17-12-3-1-2-4-14(12)20-7-9-21(10-8-20)16(22)13-11-23-15(19-13)5-6-18/h1-4,11H,5-10,18H2. The molecule has 2 aromatic rings. The number of hydrogen-bond acceptors (Lipinski definition) is 5. The van der Waals surface area contributed by atoms with Gasteiger partial charge in [0, 0.05) is 38.0 Å². The van der Waals surface area contributed by atoms with Crippen molar-refractivity contribution >= 4 is 22.9 Å². The number of thiazole rings is 1. The zero-order chi connectivity index (χ0) is 16.2. The van der Waals surface area contributed by atoms with Gasteiger partial charge in [0.05, 0.1) is 10.7 Å². The van der Waals surface area contributed by atoms with Crippen molar-refractivity contribution in [3.8, 4) is 0 Å². The summed E-state index contributed by atoms with van der Waals surface area (Å²) in [6, 6.07) is 6.73. The SMILES string of the molecule is NCCc1nc(C(=O)N2CCN(c3ccccc3F)CC2)cs1. The summed E-state index contributed by atoms with van der Waals surface area (Å²) < 4.78 is 13.8. The van der Waals surface area contributed by atoms with Crippen molar-refractivity contribution in [3.05, 3.63) is 46.2 Å². The summed E-state index contributed by atoms with van der Waals surface area (Å²) in [5, 5.41) is 2.68. The van der Waals surface area contributed by atoms with Gasteiger partial charge in [-0.2, -0.15) is 0 Å². The summed E-state index contributed by atoms with van der Waals surface area (Å²) in [6.07, 6.45) is 0.693. The molecule has 1 fully saturated rings. The Morgan fingerprint density at radius 3 is 2.70 bits per heavy atom. The summed E-state index contributed by atoms with van der Waals surface area (Å²) in [6.45, 7) is 2.90. The third kappa shape index (κ3) is 3.51. The zero-order valence-electron chi connectivity index (χ0n) is 12.7. The fourth-order valence-electron chi connectivity index (χ4n) is 2.67. The van der Waals surface area contributed by atoms with Gasteiger partial charge in [-0.05, 0) is 18.7 Å². The molecule has 0 bridgehead atoms. The van der Waals surface area contributed by atoms with Crippen molar-refractivity contribution in [2.24, 2.45) is 5.73 Å². The number of rotatable bonds is 4. The number of nitrogens with zero attached hydrogens (tertiary/aromatic N) is 3. The molecule has 0 saturated carbocycles. The highest BCUT2D eigenvalue weighted by molar-refractivity contribution is 7.09. The van der Waals surface area contributed by atoms with E-state index in [0.717, 1.165) is 5.01 Å². The van der Waals surface area contributed by atoms with Crippen molar-refractivity contribution in [3.63, 3.8) is 0 Å². The van der Waals surface area contributed by atoms with Gasteiger partial charge in [0.1, 0.15) is 11.5 Å². The van der Waals surface area contributed by atoms with Gasteiger partial charge in [0.2, 0.25) is 0 Å². The number of aromatic nitrogens is 1. The first-order valence-electron chi connectivity index (χ1n) is 7.62. The van der Waals surface area contributed by atoms with Crippen LogP contribution in [0.5, 0.6) is 0 Å². The van der Waals surface area contributed by atoms with E-state index < -0.39 is 0 Å². The second kappa shape index (κ2) is 7.06. The smallest absolute Gasteiger partial charge is 0.273 e. The Morgan fingerprint density at radius 1 is 1.26 bits per heavy atom. The van der Waals surface area contributed by atoms with Gasteiger partial charge >= 0.3 is 0 Å². The van der Waals surface area contributed by atoms with E-state index in [4.69, 9.17) is 5.73 Å². The lowest BCUT2D eigenvalue weighted by Gasteiger charge is -2.35. The highest BCUT2D eigenvalue weighted by Crippen LogP contribution is 2.21. The lowest BCUT2D eigenvalue weighted by atomic mass is 10.2. The molecular formula is C16H19FN4OS. The van der Waals surface area contributed by atoms with Crippen LogP contribution in [0.2, 0.25) is 0 Å². The largest absolute Gasteiger partial charge is 0.366 e. The van der Waals surface area contributed by atoms with Crippen LogP contribution in [-0.4, -0.2) is 48.5 Å². The first-order chi connectivity index (χ1) is 11.2. The number of amides is 1. The van der Waals surface area contributed by atoms with Crippen molar-refractivity contribution < 1.29 is 9.18 Å². The van der Waals surface area contributed by atoms with Crippen LogP contribution in [0.4, 0.5) is 10.1 Å². The topological polar surface area (TPSA) is 62.5 Å². The maximum absolute atomic E-state index is 13.8. The van der Waals surface area contributed by atoms with Crippen LogP contribution >= 0.6 is 11.3 Å². The maximum atomic E-state index is 13.8. The summed E-state index contributed by atoms with van der Waals surface area (Å²) in [4.78, 5) is 20.6. The molecule has 5 nitrogen and oxygen atoms in total. The van der Waals surface area contributed by atoms with Crippen molar-refractivity contribution in [2.75, 3.05) is 37.6 Å². The fraction of sp³-hybridized carbons (Fsp3) is 0.375. The molecule has 0 radical (unpaired) electrons. The van der Waals surface area contributed by atoms with Crippen LogP contribution in [0.25, 0.3) is 0 Å². The predicted octanol–water partition coefficient (Wildman–Crippen LogP) is 1.75. The number of carbonyl (C=O) groups is 1. The molecule has 1 aliphatic heterocycles. The minimum absolute atomic E-state index is 0.0577. The monoisotopic (exact) mass is 334 g/mol. The molecule has 1 aliphatic rings. The molecule has 0 aliphatic carbocycles. The Labute approximate surface area is 138 Å². The number of carbonyl (C=O) groups excluding carboxylic acids is 1. The van der Waals surface area contributed by atoms with Crippen LogP contribution in [-0.2, 0) is 6.42 Å². The first-order valence-corrected chi connectivity index (χ1v) is 8.50. The van der Waals surface area contributed by atoms with Gasteiger partial charge in [-0.1, -0.05) is 12.1 Å².